The molecule has 0 atom stereocenters. The molecule has 27 heavy (non-hydrogen) atoms. The Morgan fingerprint density at radius 1 is 0.889 bits per heavy atom. The van der Waals surface area contributed by atoms with Gasteiger partial charge < -0.3 is 5.11 Å². The molecule has 0 amide bonds. The topological polar surface area (TPSA) is 124 Å². The largest absolute Gasteiger partial charge is 0.505 e. The van der Waals surface area contributed by atoms with Crippen LogP contribution in [0.25, 0.3) is 10.8 Å². The standard InChI is InChI=1S/C18H16N4O4S/c1-11-3-8-15-12(9-11)10-16(27(24,25)26)17(18(15)23)22-21-14-6-4-13(5-7-14)20-19-2/h3-10,23H,1-2H3,(H,24,25,26). The zero-order valence-electron chi connectivity index (χ0n) is 14.5. The van der Waals surface area contributed by atoms with Gasteiger partial charge in [0.05, 0.1) is 11.4 Å². The average Bonchev–Trinajstić information content (AvgIpc) is 2.61. The fraction of sp³-hybridized carbons (Fsp3) is 0.111. The normalized spacial score (nSPS) is 12.4. The van der Waals surface area contributed by atoms with Crippen LogP contribution in [0, 0.1) is 6.92 Å². The highest BCUT2D eigenvalue weighted by molar-refractivity contribution is 7.86. The summed E-state index contributed by atoms with van der Waals surface area (Å²) in [5, 5.41) is 26.7. The minimum atomic E-state index is -4.62. The van der Waals surface area contributed by atoms with Crippen molar-refractivity contribution in [3.05, 3.63) is 54.1 Å². The minimum Gasteiger partial charge on any atom is -0.505 e. The van der Waals surface area contributed by atoms with Crippen molar-refractivity contribution in [1.29, 1.82) is 0 Å². The second kappa shape index (κ2) is 7.22. The lowest BCUT2D eigenvalue weighted by atomic mass is 10.1. The lowest BCUT2D eigenvalue weighted by molar-refractivity contribution is 0.472. The molecule has 0 radical (unpaired) electrons. The molecule has 9 heteroatoms. The maximum Gasteiger partial charge on any atom is 0.296 e. The van der Waals surface area contributed by atoms with E-state index in [0.717, 1.165) is 5.56 Å². The first-order chi connectivity index (χ1) is 12.8. The Labute approximate surface area is 155 Å². The predicted octanol–water partition coefficient (Wildman–Crippen LogP) is 5.23. The Bertz CT molecular complexity index is 1170. The number of phenols is 1. The fourth-order valence-corrected chi connectivity index (χ4v) is 3.23. The van der Waals surface area contributed by atoms with Crippen molar-refractivity contribution in [2.24, 2.45) is 20.5 Å². The smallest absolute Gasteiger partial charge is 0.296 e. The lowest BCUT2D eigenvalue weighted by Gasteiger charge is -2.09. The molecule has 0 heterocycles. The molecule has 0 saturated heterocycles. The van der Waals surface area contributed by atoms with Crippen LogP contribution in [0.3, 0.4) is 0 Å². The van der Waals surface area contributed by atoms with Crippen LogP contribution in [-0.4, -0.2) is 25.1 Å². The Hall–Kier alpha value is -3.17. The highest BCUT2D eigenvalue weighted by Gasteiger charge is 2.22. The zero-order chi connectivity index (χ0) is 19.6. The van der Waals surface area contributed by atoms with Crippen molar-refractivity contribution in [1.82, 2.24) is 0 Å². The van der Waals surface area contributed by atoms with Gasteiger partial charge in [-0.2, -0.15) is 23.8 Å². The SMILES string of the molecule is CN=Nc1ccc(N=Nc2c(S(=O)(=O)O)cc3cc(C)ccc3c2O)cc1. The van der Waals surface area contributed by atoms with E-state index in [1.807, 2.05) is 6.92 Å². The van der Waals surface area contributed by atoms with E-state index in [1.165, 1.54) is 6.07 Å². The Balaban J connectivity index is 2.14. The third kappa shape index (κ3) is 3.99. The molecule has 0 unspecified atom stereocenters. The molecular formula is C18H16N4O4S. The summed E-state index contributed by atoms with van der Waals surface area (Å²) >= 11 is 0. The van der Waals surface area contributed by atoms with Gasteiger partial charge in [-0.05, 0) is 42.6 Å². The summed E-state index contributed by atoms with van der Waals surface area (Å²) in [5.74, 6) is -0.375. The number of phenolic OH excluding ortho intramolecular Hbond substituents is 1. The summed E-state index contributed by atoms with van der Waals surface area (Å²) < 4.78 is 33.1. The molecule has 0 fully saturated rings. The number of aromatic hydroxyl groups is 1. The summed E-state index contributed by atoms with van der Waals surface area (Å²) in [4.78, 5) is -0.516. The zero-order valence-corrected chi connectivity index (χ0v) is 15.3. The van der Waals surface area contributed by atoms with E-state index >= 15 is 0 Å². The van der Waals surface area contributed by atoms with Crippen molar-refractivity contribution in [3.63, 3.8) is 0 Å². The van der Waals surface area contributed by atoms with Gasteiger partial charge >= 0.3 is 0 Å². The van der Waals surface area contributed by atoms with Gasteiger partial charge in [0.2, 0.25) is 0 Å². The second-order valence-corrected chi connectivity index (χ2v) is 7.18. The van der Waals surface area contributed by atoms with Gasteiger partial charge in [-0.3, -0.25) is 4.55 Å². The van der Waals surface area contributed by atoms with Gasteiger partial charge in [-0.15, -0.1) is 5.11 Å². The van der Waals surface area contributed by atoms with E-state index in [4.69, 9.17) is 0 Å². The molecule has 2 N–H and O–H groups in total. The van der Waals surface area contributed by atoms with Gasteiger partial charge in [-0.1, -0.05) is 23.8 Å². The Morgan fingerprint density at radius 2 is 1.52 bits per heavy atom. The van der Waals surface area contributed by atoms with Gasteiger partial charge in [0.15, 0.2) is 5.75 Å². The van der Waals surface area contributed by atoms with Gasteiger partial charge in [0.1, 0.15) is 10.6 Å². The van der Waals surface area contributed by atoms with Crippen LogP contribution < -0.4 is 0 Å². The Kier molecular flexibility index (Phi) is 4.98. The first-order valence-corrected chi connectivity index (χ1v) is 9.29. The number of fused-ring (bicyclic) bond motifs is 1. The number of benzene rings is 3. The number of aryl methyl sites for hydroxylation is 1. The molecule has 138 valence electrons. The van der Waals surface area contributed by atoms with Crippen molar-refractivity contribution >= 4 is 38.0 Å². The molecule has 0 aromatic heterocycles. The molecule has 8 nitrogen and oxygen atoms in total. The lowest BCUT2D eigenvalue weighted by Crippen LogP contribution is -1.99. The number of hydrogen-bond acceptors (Lipinski definition) is 7. The molecule has 0 bridgehead atoms. The minimum absolute atomic E-state index is 0.328. The van der Waals surface area contributed by atoms with Crippen molar-refractivity contribution in [3.8, 4) is 5.75 Å². The summed E-state index contributed by atoms with van der Waals surface area (Å²) in [6.45, 7) is 1.83. The molecular weight excluding hydrogens is 368 g/mol. The van der Waals surface area contributed by atoms with Crippen molar-refractivity contribution in [2.75, 3.05) is 7.05 Å². The summed E-state index contributed by atoms with van der Waals surface area (Å²) in [7, 11) is -3.07. The highest BCUT2D eigenvalue weighted by Crippen LogP contribution is 2.41. The quantitative estimate of drug-likeness (QED) is 0.472. The summed E-state index contributed by atoms with van der Waals surface area (Å²) in [5.41, 5.74) is 1.58. The molecule has 0 aliphatic carbocycles. The monoisotopic (exact) mass is 384 g/mol. The predicted molar refractivity (Wildman–Crippen MR) is 101 cm³/mol. The van der Waals surface area contributed by atoms with E-state index in [9.17, 15) is 18.1 Å². The fourth-order valence-electron chi connectivity index (χ4n) is 2.57. The van der Waals surface area contributed by atoms with Crippen LogP contribution in [0.15, 0.2) is 73.9 Å². The summed E-state index contributed by atoms with van der Waals surface area (Å²) in [6, 6.07) is 12.9. The molecule has 3 aromatic rings. The average molecular weight is 384 g/mol. The highest BCUT2D eigenvalue weighted by atomic mass is 32.2. The first-order valence-electron chi connectivity index (χ1n) is 7.85. The van der Waals surface area contributed by atoms with Crippen LogP contribution >= 0.6 is 0 Å². The maximum absolute atomic E-state index is 11.8. The number of hydrogen-bond donors (Lipinski definition) is 2. The van der Waals surface area contributed by atoms with Crippen LogP contribution in [0.1, 0.15) is 5.56 Å². The van der Waals surface area contributed by atoms with Crippen molar-refractivity contribution < 1.29 is 18.1 Å². The van der Waals surface area contributed by atoms with E-state index in [-0.39, 0.29) is 11.4 Å². The first kappa shape index (κ1) is 18.6. The van der Waals surface area contributed by atoms with Gasteiger partial charge in [0, 0.05) is 12.4 Å². The molecule has 0 aliphatic heterocycles. The van der Waals surface area contributed by atoms with Crippen LogP contribution in [0.4, 0.5) is 17.1 Å². The molecule has 0 saturated carbocycles. The molecule has 0 spiro atoms. The summed E-state index contributed by atoms with van der Waals surface area (Å²) in [6.07, 6.45) is 0. The third-order valence-electron chi connectivity index (χ3n) is 3.82. The third-order valence-corrected chi connectivity index (χ3v) is 4.68. The maximum atomic E-state index is 11.8. The molecule has 3 aromatic carbocycles. The van der Waals surface area contributed by atoms with Crippen LogP contribution in [-0.2, 0) is 10.1 Å². The van der Waals surface area contributed by atoms with Crippen LogP contribution in [0.2, 0.25) is 0 Å². The number of nitrogens with zero attached hydrogens (tertiary/aromatic N) is 4. The van der Waals surface area contributed by atoms with E-state index in [1.54, 1.807) is 49.5 Å². The van der Waals surface area contributed by atoms with Crippen LogP contribution in [0.5, 0.6) is 5.75 Å². The Morgan fingerprint density at radius 3 is 2.11 bits per heavy atom. The van der Waals surface area contributed by atoms with Crippen molar-refractivity contribution in [2.45, 2.75) is 11.8 Å². The number of azo groups is 2. The number of rotatable bonds is 4. The second-order valence-electron chi connectivity index (χ2n) is 5.79. The van der Waals surface area contributed by atoms with Gasteiger partial charge in [0.25, 0.3) is 10.1 Å². The van der Waals surface area contributed by atoms with E-state index in [0.29, 0.717) is 22.1 Å². The van der Waals surface area contributed by atoms with Gasteiger partial charge in [-0.25, -0.2) is 0 Å². The molecule has 3 rings (SSSR count). The molecule has 0 aliphatic rings. The van der Waals surface area contributed by atoms with E-state index in [2.05, 4.69) is 20.5 Å². The van der Waals surface area contributed by atoms with E-state index < -0.39 is 15.0 Å².